The molecule has 0 aliphatic carbocycles. The summed E-state index contributed by atoms with van der Waals surface area (Å²) in [6, 6.07) is 7.67. The number of nitriles is 1. The van der Waals surface area contributed by atoms with Gasteiger partial charge in [-0.25, -0.2) is 4.79 Å². The summed E-state index contributed by atoms with van der Waals surface area (Å²) in [6.07, 6.45) is -0.265. The van der Waals surface area contributed by atoms with Gasteiger partial charge in [0.1, 0.15) is 5.60 Å². The van der Waals surface area contributed by atoms with Gasteiger partial charge >= 0.3 is 6.09 Å². The van der Waals surface area contributed by atoms with Crippen LogP contribution in [-0.2, 0) is 4.74 Å². The zero-order valence-corrected chi connectivity index (χ0v) is 13.4. The van der Waals surface area contributed by atoms with Crippen molar-refractivity contribution < 1.29 is 9.53 Å². The molecule has 20 heavy (non-hydrogen) atoms. The molecule has 0 N–H and O–H groups in total. The number of likely N-dealkylation sites (tertiary alicyclic amines) is 1. The molecule has 5 heteroatoms. The minimum atomic E-state index is -0.461. The molecule has 1 saturated heterocycles. The maximum Gasteiger partial charge on any atom is 0.410 e. The minimum Gasteiger partial charge on any atom is -0.444 e. The number of halogens is 1. The van der Waals surface area contributed by atoms with E-state index in [0.717, 1.165) is 10.0 Å². The van der Waals surface area contributed by atoms with Crippen molar-refractivity contribution in [2.75, 3.05) is 13.1 Å². The first-order chi connectivity index (χ1) is 9.30. The Hall–Kier alpha value is -1.54. The van der Waals surface area contributed by atoms with Crippen molar-refractivity contribution in [2.24, 2.45) is 0 Å². The largest absolute Gasteiger partial charge is 0.444 e. The highest BCUT2D eigenvalue weighted by Gasteiger charge is 2.35. The lowest BCUT2D eigenvalue weighted by atomic mass is 9.91. The molecule has 0 bridgehead atoms. The van der Waals surface area contributed by atoms with Gasteiger partial charge in [-0.05, 0) is 38.5 Å². The van der Waals surface area contributed by atoms with Crippen LogP contribution in [-0.4, -0.2) is 29.7 Å². The van der Waals surface area contributed by atoms with E-state index in [1.165, 1.54) is 0 Å². The van der Waals surface area contributed by atoms with Gasteiger partial charge < -0.3 is 9.64 Å². The SMILES string of the molecule is CC(C)(C)OC(=O)N1CC(c2ccc(C#N)cc2Br)C1. The van der Waals surface area contributed by atoms with E-state index in [4.69, 9.17) is 10.00 Å². The topological polar surface area (TPSA) is 53.3 Å². The van der Waals surface area contributed by atoms with E-state index in [2.05, 4.69) is 22.0 Å². The second-order valence-corrected chi connectivity index (χ2v) is 6.78. The summed E-state index contributed by atoms with van der Waals surface area (Å²) in [7, 11) is 0. The van der Waals surface area contributed by atoms with E-state index in [0.29, 0.717) is 24.6 Å². The van der Waals surface area contributed by atoms with Crippen LogP contribution < -0.4 is 0 Å². The van der Waals surface area contributed by atoms with Gasteiger partial charge in [0.25, 0.3) is 0 Å². The Labute approximate surface area is 127 Å². The first kappa shape index (κ1) is 14.9. The Kier molecular flexibility index (Phi) is 4.05. The average molecular weight is 337 g/mol. The van der Waals surface area contributed by atoms with E-state index < -0.39 is 5.60 Å². The van der Waals surface area contributed by atoms with Crippen LogP contribution in [0.2, 0.25) is 0 Å². The van der Waals surface area contributed by atoms with Crippen LogP contribution in [0.4, 0.5) is 4.79 Å². The van der Waals surface area contributed by atoms with Gasteiger partial charge in [0.2, 0.25) is 0 Å². The standard InChI is InChI=1S/C15H17BrN2O2/c1-15(2,3)20-14(19)18-8-11(9-18)12-5-4-10(7-17)6-13(12)16/h4-6,11H,8-9H2,1-3H3. The number of nitrogens with zero attached hydrogens (tertiary/aromatic N) is 2. The first-order valence-electron chi connectivity index (χ1n) is 6.47. The fourth-order valence-electron chi connectivity index (χ4n) is 2.08. The van der Waals surface area contributed by atoms with Gasteiger partial charge in [0.05, 0.1) is 11.6 Å². The number of carbonyl (C=O) groups excluding carboxylic acids is 1. The smallest absolute Gasteiger partial charge is 0.410 e. The van der Waals surface area contributed by atoms with Crippen LogP contribution in [0.25, 0.3) is 0 Å². The molecular formula is C15H17BrN2O2. The first-order valence-corrected chi connectivity index (χ1v) is 7.27. The molecule has 0 spiro atoms. The molecule has 0 atom stereocenters. The summed E-state index contributed by atoms with van der Waals surface area (Å²) in [6.45, 7) is 6.89. The fraction of sp³-hybridized carbons (Fsp3) is 0.467. The van der Waals surface area contributed by atoms with Crippen LogP contribution in [0.5, 0.6) is 0 Å². The van der Waals surface area contributed by atoms with Crippen molar-refractivity contribution in [3.05, 3.63) is 33.8 Å². The molecule has 1 amide bonds. The number of benzene rings is 1. The van der Waals surface area contributed by atoms with Crippen molar-refractivity contribution in [3.8, 4) is 6.07 Å². The van der Waals surface area contributed by atoms with E-state index >= 15 is 0 Å². The second-order valence-electron chi connectivity index (χ2n) is 5.93. The number of rotatable bonds is 1. The predicted molar refractivity (Wildman–Crippen MR) is 79.4 cm³/mol. The van der Waals surface area contributed by atoms with Crippen molar-refractivity contribution in [1.82, 2.24) is 4.90 Å². The van der Waals surface area contributed by atoms with E-state index in [-0.39, 0.29) is 6.09 Å². The van der Waals surface area contributed by atoms with Crippen LogP contribution in [0, 0.1) is 11.3 Å². The fourth-order valence-corrected chi connectivity index (χ4v) is 2.78. The molecule has 1 aliphatic heterocycles. The van der Waals surface area contributed by atoms with Gasteiger partial charge in [-0.15, -0.1) is 0 Å². The third-order valence-corrected chi connectivity index (χ3v) is 3.79. The molecule has 1 heterocycles. The summed E-state index contributed by atoms with van der Waals surface area (Å²) < 4.78 is 6.25. The van der Waals surface area contributed by atoms with Crippen molar-refractivity contribution in [2.45, 2.75) is 32.3 Å². The highest BCUT2D eigenvalue weighted by molar-refractivity contribution is 9.10. The normalized spacial score (nSPS) is 15.4. The molecular weight excluding hydrogens is 320 g/mol. The van der Waals surface area contributed by atoms with Gasteiger partial charge in [-0.1, -0.05) is 22.0 Å². The van der Waals surface area contributed by atoms with Crippen LogP contribution in [0.3, 0.4) is 0 Å². The van der Waals surface area contributed by atoms with Crippen molar-refractivity contribution in [3.63, 3.8) is 0 Å². The molecule has 2 rings (SSSR count). The predicted octanol–water partition coefficient (Wildman–Crippen LogP) is 3.66. The monoisotopic (exact) mass is 336 g/mol. The summed E-state index contributed by atoms with van der Waals surface area (Å²) in [5.41, 5.74) is 1.30. The molecule has 1 aromatic rings. The Bertz CT molecular complexity index is 566. The van der Waals surface area contributed by atoms with Crippen molar-refractivity contribution >= 4 is 22.0 Å². The van der Waals surface area contributed by atoms with Crippen LogP contribution in [0.1, 0.15) is 37.8 Å². The Morgan fingerprint density at radius 2 is 2.10 bits per heavy atom. The van der Waals surface area contributed by atoms with Gasteiger partial charge in [-0.2, -0.15) is 5.26 Å². The number of carbonyl (C=O) groups is 1. The number of hydrogen-bond donors (Lipinski definition) is 0. The molecule has 1 aromatic carbocycles. The highest BCUT2D eigenvalue weighted by Crippen LogP contribution is 2.33. The number of ether oxygens (including phenoxy) is 1. The minimum absolute atomic E-state index is 0.265. The molecule has 0 aromatic heterocycles. The molecule has 4 nitrogen and oxygen atoms in total. The van der Waals surface area contributed by atoms with Crippen molar-refractivity contribution in [1.29, 1.82) is 5.26 Å². The lowest BCUT2D eigenvalue weighted by molar-refractivity contribution is 0.00814. The Morgan fingerprint density at radius 1 is 1.45 bits per heavy atom. The number of amides is 1. The van der Waals surface area contributed by atoms with E-state index in [1.54, 1.807) is 11.0 Å². The second kappa shape index (κ2) is 5.45. The lowest BCUT2D eigenvalue weighted by Gasteiger charge is -2.40. The molecule has 1 aliphatic rings. The molecule has 0 saturated carbocycles. The summed E-state index contributed by atoms with van der Waals surface area (Å²) in [4.78, 5) is 13.5. The van der Waals surface area contributed by atoms with Crippen LogP contribution in [0.15, 0.2) is 22.7 Å². The zero-order valence-electron chi connectivity index (χ0n) is 11.8. The Morgan fingerprint density at radius 3 is 2.60 bits per heavy atom. The lowest BCUT2D eigenvalue weighted by Crippen LogP contribution is -2.50. The summed E-state index contributed by atoms with van der Waals surface area (Å²) in [5, 5.41) is 8.85. The molecule has 0 unspecified atom stereocenters. The molecule has 106 valence electrons. The maximum absolute atomic E-state index is 11.9. The highest BCUT2D eigenvalue weighted by atomic mass is 79.9. The maximum atomic E-state index is 11.9. The summed E-state index contributed by atoms with van der Waals surface area (Å²) >= 11 is 3.48. The molecule has 0 radical (unpaired) electrons. The van der Waals surface area contributed by atoms with E-state index in [9.17, 15) is 4.79 Å². The third kappa shape index (κ3) is 3.31. The average Bonchev–Trinajstić information content (AvgIpc) is 2.26. The summed E-state index contributed by atoms with van der Waals surface area (Å²) in [5.74, 6) is 0.296. The van der Waals surface area contributed by atoms with Gasteiger partial charge in [-0.3, -0.25) is 0 Å². The van der Waals surface area contributed by atoms with Gasteiger partial charge in [0.15, 0.2) is 0 Å². The molecule has 1 fully saturated rings. The Balaban J connectivity index is 1.97. The zero-order chi connectivity index (χ0) is 14.9. The van der Waals surface area contributed by atoms with E-state index in [1.807, 2.05) is 32.9 Å². The quantitative estimate of drug-likeness (QED) is 0.786. The number of hydrogen-bond acceptors (Lipinski definition) is 3. The van der Waals surface area contributed by atoms with Crippen LogP contribution >= 0.6 is 15.9 Å². The third-order valence-electron chi connectivity index (χ3n) is 3.10. The van der Waals surface area contributed by atoms with Gasteiger partial charge in [0, 0.05) is 23.5 Å².